The van der Waals surface area contributed by atoms with Gasteiger partial charge in [-0.3, -0.25) is 13.9 Å². The zero-order chi connectivity index (χ0) is 36.3. The van der Waals surface area contributed by atoms with Gasteiger partial charge in [0, 0.05) is 31.6 Å². The molecule has 0 spiro atoms. The zero-order valence-corrected chi connectivity index (χ0v) is 27.4. The Kier molecular flexibility index (Phi) is 12.5. The number of phosphoric ester groups is 1. The Balaban J connectivity index is 1.50. The fraction of sp³-hybridized carbons (Fsp3) is 0.680. The molecule has 2 aliphatic heterocycles. The predicted molar refractivity (Wildman–Crippen MR) is 160 cm³/mol. The molecule has 2 aromatic rings. The van der Waals surface area contributed by atoms with Gasteiger partial charge in [-0.25, -0.2) is 23.4 Å². The molecular weight excluding hydrogens is 705 g/mol. The number of hydrogen-bond donors (Lipinski definition) is 9. The average Bonchev–Trinajstić information content (AvgIpc) is 3.58. The first-order valence-electron chi connectivity index (χ1n) is 14.7. The van der Waals surface area contributed by atoms with E-state index in [0.29, 0.717) is 24.4 Å². The van der Waals surface area contributed by atoms with Crippen LogP contribution in [0.25, 0.3) is 0 Å². The molecule has 274 valence electrons. The number of aryl methyl sites for hydroxylation is 1. The summed E-state index contributed by atoms with van der Waals surface area (Å²) in [6, 6.07) is -0.346. The van der Waals surface area contributed by atoms with Crippen molar-refractivity contribution in [2.45, 2.75) is 93.5 Å². The largest absolute Gasteiger partial charge is 0.477 e. The molecular formula is C25H37ClN7O15P. The van der Waals surface area contributed by atoms with Crippen LogP contribution in [0, 0.1) is 0 Å². The molecule has 0 aliphatic carbocycles. The number of aliphatic hydroxyl groups excluding tert-OH is 5. The maximum Gasteiger partial charge on any atom is 0.475 e. The summed E-state index contributed by atoms with van der Waals surface area (Å²) in [5, 5.41) is 73.8. The highest BCUT2D eigenvalue weighted by molar-refractivity contribution is 7.47. The molecule has 22 nitrogen and oxygen atoms in total. The summed E-state index contributed by atoms with van der Waals surface area (Å²) in [6.07, 6.45) is -11.8. The van der Waals surface area contributed by atoms with E-state index in [1.807, 2.05) is 0 Å². The van der Waals surface area contributed by atoms with E-state index in [1.165, 1.54) is 16.9 Å². The summed E-state index contributed by atoms with van der Waals surface area (Å²) >= 11 is 5.68. The second kappa shape index (κ2) is 15.8. The lowest BCUT2D eigenvalue weighted by molar-refractivity contribution is -0.288. The van der Waals surface area contributed by atoms with Crippen LogP contribution in [0.4, 0.5) is 5.82 Å². The van der Waals surface area contributed by atoms with E-state index in [4.69, 9.17) is 35.9 Å². The number of alkyl halides is 1. The maximum atomic E-state index is 13.1. The van der Waals surface area contributed by atoms with Crippen molar-refractivity contribution in [3.8, 4) is 0 Å². The number of aliphatic hydroxyl groups is 5. The van der Waals surface area contributed by atoms with Crippen molar-refractivity contribution >= 4 is 37.1 Å². The highest BCUT2D eigenvalue weighted by atomic mass is 35.5. The lowest BCUT2D eigenvalue weighted by atomic mass is 9.88. The lowest BCUT2D eigenvalue weighted by Gasteiger charge is -2.46. The van der Waals surface area contributed by atoms with Gasteiger partial charge in [0.1, 0.15) is 42.4 Å². The van der Waals surface area contributed by atoms with Crippen molar-refractivity contribution < 1.29 is 68.2 Å². The van der Waals surface area contributed by atoms with Crippen molar-refractivity contribution in [2.24, 2.45) is 0 Å². The van der Waals surface area contributed by atoms with Gasteiger partial charge in [0.15, 0.2) is 6.23 Å². The number of amides is 1. The van der Waals surface area contributed by atoms with E-state index < -0.39 is 106 Å². The highest BCUT2D eigenvalue weighted by Crippen LogP contribution is 2.51. The quantitative estimate of drug-likeness (QED) is 0.0624. The highest BCUT2D eigenvalue weighted by Gasteiger charge is 2.59. The molecule has 2 saturated heterocycles. The van der Waals surface area contributed by atoms with E-state index in [-0.39, 0.29) is 5.82 Å². The van der Waals surface area contributed by atoms with Crippen LogP contribution in [0.3, 0.4) is 0 Å². The van der Waals surface area contributed by atoms with Gasteiger partial charge < -0.3 is 56.1 Å². The van der Waals surface area contributed by atoms with Crippen LogP contribution in [-0.4, -0.2) is 139 Å². The van der Waals surface area contributed by atoms with Gasteiger partial charge >= 0.3 is 19.5 Å². The molecule has 2 aliphatic rings. The van der Waals surface area contributed by atoms with Crippen molar-refractivity contribution in [3.05, 3.63) is 34.6 Å². The van der Waals surface area contributed by atoms with Crippen LogP contribution in [0.2, 0.25) is 0 Å². The van der Waals surface area contributed by atoms with Crippen molar-refractivity contribution in [2.75, 3.05) is 18.2 Å². The summed E-state index contributed by atoms with van der Waals surface area (Å²) in [7, 11) is -5.55. The first-order chi connectivity index (χ1) is 23.0. The molecule has 11 atom stereocenters. The number of aromatic nitrogens is 5. The number of carbonyl (C=O) groups is 2. The van der Waals surface area contributed by atoms with Crippen LogP contribution in [0.15, 0.2) is 23.3 Å². The lowest BCUT2D eigenvalue weighted by Crippen LogP contribution is -2.67. The van der Waals surface area contributed by atoms with E-state index >= 15 is 0 Å². The summed E-state index contributed by atoms with van der Waals surface area (Å²) in [6.45, 7) is -0.381. The third-order valence-electron chi connectivity index (χ3n) is 7.65. The molecule has 49 heavy (non-hydrogen) atoms. The van der Waals surface area contributed by atoms with Crippen molar-refractivity contribution in [1.29, 1.82) is 0 Å². The van der Waals surface area contributed by atoms with Crippen LogP contribution in [0.5, 0.6) is 0 Å². The number of ether oxygens (including phenoxy) is 2. The Labute approximate surface area is 281 Å². The third kappa shape index (κ3) is 9.17. The molecule has 2 aromatic heterocycles. The predicted octanol–water partition coefficient (Wildman–Crippen LogP) is -3.80. The van der Waals surface area contributed by atoms with Gasteiger partial charge in [0.25, 0.3) is 5.79 Å². The number of phosphoric acid groups is 1. The number of nitrogen functional groups attached to an aromatic ring is 1. The van der Waals surface area contributed by atoms with E-state index in [0.717, 1.165) is 17.7 Å². The van der Waals surface area contributed by atoms with E-state index in [1.54, 1.807) is 0 Å². The van der Waals surface area contributed by atoms with Crippen molar-refractivity contribution in [1.82, 2.24) is 29.9 Å². The number of carboxylic acid groups (broad SMARTS) is 1. The second-order valence-corrected chi connectivity index (χ2v) is 13.1. The standard InChI is InChI=1S/C25H37ClN7O15P/c1-11(34)28-17-13(35)7-25(23(40)41,47-21(17)18(37)14(36)9-32-8-12(30-31-32)3-2-5-26)48-49(43,44)45-10-15-19(38)20(39)22(46-15)33-6-4-16(27)29-24(33)42/h4,6,8,13-15,17-22,35-39H,2-3,5,7,9-10H2,1H3,(H,28,34)(H,40,41)(H,43,44)(H2,27,29,42)/t13-,14+,15+,17+,18+,19+,20+,21+,22+,25+/m0/s1. The number of nitrogens with two attached hydrogens (primary N) is 1. The molecule has 1 unspecified atom stereocenters. The summed E-state index contributed by atoms with van der Waals surface area (Å²) in [5.74, 6) is -5.80. The topological polar surface area (TPSA) is 333 Å². The fourth-order valence-corrected chi connectivity index (χ4v) is 6.39. The Morgan fingerprint density at radius 1 is 1.29 bits per heavy atom. The number of rotatable bonds is 15. The van der Waals surface area contributed by atoms with Gasteiger partial charge in [0.2, 0.25) is 5.91 Å². The molecule has 0 aromatic carbocycles. The molecule has 0 saturated carbocycles. The molecule has 1 amide bonds. The monoisotopic (exact) mass is 741 g/mol. The minimum absolute atomic E-state index is 0.134. The Morgan fingerprint density at radius 3 is 2.63 bits per heavy atom. The van der Waals surface area contributed by atoms with Crippen LogP contribution < -0.4 is 16.7 Å². The summed E-state index contributed by atoms with van der Waals surface area (Å²) in [4.78, 5) is 50.6. The number of anilines is 1. The summed E-state index contributed by atoms with van der Waals surface area (Å²) in [5.41, 5.74) is 5.03. The number of hydrogen-bond acceptors (Lipinski definition) is 17. The molecule has 4 rings (SSSR count). The first kappa shape index (κ1) is 38.7. The van der Waals surface area contributed by atoms with Crippen LogP contribution >= 0.6 is 19.4 Å². The minimum atomic E-state index is -5.55. The molecule has 2 fully saturated rings. The molecule has 4 heterocycles. The first-order valence-corrected chi connectivity index (χ1v) is 16.7. The average molecular weight is 742 g/mol. The smallest absolute Gasteiger partial charge is 0.475 e. The normalized spacial score (nSPS) is 31.1. The zero-order valence-electron chi connectivity index (χ0n) is 25.7. The van der Waals surface area contributed by atoms with Crippen molar-refractivity contribution in [3.63, 3.8) is 0 Å². The van der Waals surface area contributed by atoms with Gasteiger partial charge in [0.05, 0.1) is 31.0 Å². The van der Waals surface area contributed by atoms with Gasteiger partial charge in [-0.15, -0.1) is 16.7 Å². The number of carboxylic acids is 1. The van der Waals surface area contributed by atoms with E-state index in [9.17, 15) is 54.5 Å². The Morgan fingerprint density at radius 2 is 2.00 bits per heavy atom. The fourth-order valence-electron chi connectivity index (χ4n) is 5.30. The summed E-state index contributed by atoms with van der Waals surface area (Å²) < 4.78 is 35.7. The number of aliphatic carboxylic acids is 1. The number of nitrogens with one attached hydrogen (secondary N) is 1. The molecule has 0 bridgehead atoms. The van der Waals surface area contributed by atoms with Gasteiger partial charge in [-0.05, 0) is 18.9 Å². The SMILES string of the molecule is CC(=O)N[C@H]1[C@H]([C@H](O)[C@H](O)Cn2cc(CCCCl)nn2)O[C@](OP(=O)(O)OC[C@H]2O[C@@H](n3ccc(N)nc3=O)[C@H](O)[C@@H]2O)(C(=O)O)C[C@@H]1O. The minimum Gasteiger partial charge on any atom is -0.477 e. The Bertz CT molecular complexity index is 1580. The second-order valence-electron chi connectivity index (χ2n) is 11.4. The molecule has 24 heteroatoms. The number of carbonyl (C=O) groups excluding carboxylic acids is 1. The van der Waals surface area contributed by atoms with Crippen LogP contribution in [0.1, 0.15) is 31.7 Å². The molecule has 10 N–H and O–H groups in total. The van der Waals surface area contributed by atoms with Gasteiger partial charge in [-0.2, -0.15) is 4.98 Å². The third-order valence-corrected chi connectivity index (χ3v) is 8.92. The number of halogens is 1. The maximum absolute atomic E-state index is 13.1. The number of nitrogens with zero attached hydrogens (tertiary/aromatic N) is 5. The van der Waals surface area contributed by atoms with E-state index in [2.05, 4.69) is 20.6 Å². The Hall–Kier alpha value is -3.12. The van der Waals surface area contributed by atoms with Crippen LogP contribution in [-0.2, 0) is 45.6 Å². The van der Waals surface area contributed by atoms with Gasteiger partial charge in [-0.1, -0.05) is 5.21 Å². The molecule has 0 radical (unpaired) electrons.